The fourth-order valence-electron chi connectivity index (χ4n) is 5.05. The van der Waals surface area contributed by atoms with Crippen molar-refractivity contribution in [1.29, 1.82) is 0 Å². The summed E-state index contributed by atoms with van der Waals surface area (Å²) in [6, 6.07) is 23.4. The normalized spacial score (nSPS) is 15.0. The Morgan fingerprint density at radius 3 is 2.56 bits per heavy atom. The van der Waals surface area contributed by atoms with Crippen molar-refractivity contribution in [1.82, 2.24) is 0 Å². The summed E-state index contributed by atoms with van der Waals surface area (Å²) < 4.78 is 5.93. The molecule has 41 heavy (non-hydrogen) atoms. The molecule has 1 aliphatic rings. The second-order valence-corrected chi connectivity index (χ2v) is 12.4. The van der Waals surface area contributed by atoms with Crippen LogP contribution in [0, 0.1) is 21.4 Å². The van der Waals surface area contributed by atoms with E-state index in [0.29, 0.717) is 17.2 Å². The van der Waals surface area contributed by atoms with Gasteiger partial charge in [0.1, 0.15) is 17.4 Å². The number of rotatable bonds is 8. The number of hydrogen-bond acceptors (Lipinski definition) is 6. The number of benzene rings is 3. The molecule has 1 aliphatic carbocycles. The minimum atomic E-state index is -0.420. The van der Waals surface area contributed by atoms with Gasteiger partial charge in [-0.05, 0) is 83.7 Å². The summed E-state index contributed by atoms with van der Waals surface area (Å²) in [4.78, 5) is 30.1. The van der Waals surface area contributed by atoms with E-state index in [0.717, 1.165) is 46.6 Å². The van der Waals surface area contributed by atoms with Crippen molar-refractivity contribution in [3.05, 3.63) is 116 Å². The molecule has 0 fully saturated rings. The second kappa shape index (κ2) is 12.1. The van der Waals surface area contributed by atoms with Gasteiger partial charge < -0.3 is 10.1 Å². The first kappa shape index (κ1) is 28.2. The van der Waals surface area contributed by atoms with Gasteiger partial charge in [0, 0.05) is 28.9 Å². The Balaban J connectivity index is 1.37. The van der Waals surface area contributed by atoms with Crippen LogP contribution in [0.4, 0.5) is 16.4 Å². The molecule has 4 aromatic rings. The zero-order chi connectivity index (χ0) is 29.0. The van der Waals surface area contributed by atoms with Crippen LogP contribution in [0.1, 0.15) is 59.1 Å². The van der Waals surface area contributed by atoms with Gasteiger partial charge in [0.15, 0.2) is 0 Å². The van der Waals surface area contributed by atoms with Gasteiger partial charge in [0.25, 0.3) is 11.6 Å². The Morgan fingerprint density at radius 2 is 1.85 bits per heavy atom. The van der Waals surface area contributed by atoms with Crippen molar-refractivity contribution in [3.63, 3.8) is 0 Å². The predicted molar refractivity (Wildman–Crippen MR) is 165 cm³/mol. The molecule has 0 saturated carbocycles. The molecule has 0 radical (unpaired) electrons. The molecular formula is C33H33N3O4S. The molecular weight excluding hydrogens is 534 g/mol. The SMILES string of the molecule is CC(C)(C)[C@@H]1CCc2c(sc(N=Cc3cccc(OCc4ccc([N+](=O)[O-])cc4)c3)c2C(=O)Nc2ccccc2)C1. The van der Waals surface area contributed by atoms with Gasteiger partial charge in [-0.1, -0.05) is 51.1 Å². The Bertz CT molecular complexity index is 1570. The van der Waals surface area contributed by atoms with E-state index in [1.165, 1.54) is 17.0 Å². The van der Waals surface area contributed by atoms with E-state index in [9.17, 15) is 14.9 Å². The maximum atomic E-state index is 13.6. The highest BCUT2D eigenvalue weighted by Crippen LogP contribution is 2.45. The molecule has 0 bridgehead atoms. The smallest absolute Gasteiger partial charge is 0.269 e. The third-order valence-corrected chi connectivity index (χ3v) is 8.63. The first-order valence-corrected chi connectivity index (χ1v) is 14.5. The Hall–Kier alpha value is -4.30. The highest BCUT2D eigenvalue weighted by Gasteiger charge is 2.33. The molecule has 0 unspecified atom stereocenters. The average Bonchev–Trinajstić information content (AvgIpc) is 3.33. The van der Waals surface area contributed by atoms with Crippen molar-refractivity contribution in [2.24, 2.45) is 16.3 Å². The van der Waals surface area contributed by atoms with E-state index in [4.69, 9.17) is 9.73 Å². The number of nitrogens with one attached hydrogen (secondary N) is 1. The monoisotopic (exact) mass is 567 g/mol. The number of para-hydroxylation sites is 1. The summed E-state index contributed by atoms with van der Waals surface area (Å²) in [6.45, 7) is 7.15. The number of non-ortho nitro benzene ring substituents is 1. The van der Waals surface area contributed by atoms with Crippen molar-refractivity contribution < 1.29 is 14.5 Å². The molecule has 5 rings (SSSR count). The van der Waals surface area contributed by atoms with Crippen LogP contribution in [0.5, 0.6) is 5.75 Å². The van der Waals surface area contributed by atoms with Crippen molar-refractivity contribution in [3.8, 4) is 5.75 Å². The number of nitro groups is 1. The van der Waals surface area contributed by atoms with Gasteiger partial charge in [-0.15, -0.1) is 11.3 Å². The maximum Gasteiger partial charge on any atom is 0.269 e. The van der Waals surface area contributed by atoms with E-state index < -0.39 is 4.92 Å². The van der Waals surface area contributed by atoms with Crippen molar-refractivity contribution >= 4 is 39.8 Å². The summed E-state index contributed by atoms with van der Waals surface area (Å²) in [5.41, 5.74) is 4.48. The zero-order valence-electron chi connectivity index (χ0n) is 23.4. The summed E-state index contributed by atoms with van der Waals surface area (Å²) >= 11 is 1.62. The van der Waals surface area contributed by atoms with Gasteiger partial charge in [0.05, 0.1) is 10.5 Å². The molecule has 3 aromatic carbocycles. The van der Waals surface area contributed by atoms with Crippen LogP contribution in [-0.4, -0.2) is 17.0 Å². The molecule has 1 aromatic heterocycles. The van der Waals surface area contributed by atoms with E-state index in [-0.39, 0.29) is 23.6 Å². The van der Waals surface area contributed by atoms with Crippen molar-refractivity contribution in [2.75, 3.05) is 5.32 Å². The number of thiophene rings is 1. The lowest BCUT2D eigenvalue weighted by atomic mass is 9.72. The number of nitro benzene ring substituents is 1. The molecule has 210 valence electrons. The number of aliphatic imine (C=N–C) groups is 1. The topological polar surface area (TPSA) is 93.8 Å². The number of anilines is 1. The van der Waals surface area contributed by atoms with Gasteiger partial charge in [-0.3, -0.25) is 14.9 Å². The fraction of sp³-hybridized carbons (Fsp3) is 0.273. The molecule has 0 spiro atoms. The van der Waals surface area contributed by atoms with Crippen LogP contribution < -0.4 is 10.1 Å². The van der Waals surface area contributed by atoms with Gasteiger partial charge in [0.2, 0.25) is 0 Å². The molecule has 1 N–H and O–H groups in total. The summed E-state index contributed by atoms with van der Waals surface area (Å²) in [5.74, 6) is 1.09. The number of carbonyl (C=O) groups excluding carboxylic acids is 1. The standard InChI is InChI=1S/C33H33N3O4S/c1-33(2,3)24-14-17-28-29(19-24)41-32(30(28)31(37)35-25-9-5-4-6-10-25)34-20-23-8-7-11-27(18-23)40-21-22-12-15-26(16-13-22)36(38)39/h4-13,15-16,18,20,24H,14,17,19,21H2,1-3H3,(H,35,37)/t24-/m1/s1. The number of ether oxygens (including phenoxy) is 1. The van der Waals surface area contributed by atoms with E-state index in [1.54, 1.807) is 29.7 Å². The third-order valence-electron chi connectivity index (χ3n) is 7.47. The number of nitrogens with zero attached hydrogens (tertiary/aromatic N) is 2. The number of fused-ring (bicyclic) bond motifs is 1. The third kappa shape index (κ3) is 6.89. The van der Waals surface area contributed by atoms with Crippen LogP contribution >= 0.6 is 11.3 Å². The summed E-state index contributed by atoms with van der Waals surface area (Å²) in [6.07, 6.45) is 4.65. The lowest BCUT2D eigenvalue weighted by Crippen LogP contribution is -2.27. The lowest BCUT2D eigenvalue weighted by Gasteiger charge is -2.33. The maximum absolute atomic E-state index is 13.6. The van der Waals surface area contributed by atoms with Gasteiger partial charge in [-0.2, -0.15) is 0 Å². The molecule has 1 atom stereocenters. The minimum absolute atomic E-state index is 0.0490. The first-order chi connectivity index (χ1) is 19.7. The van der Waals surface area contributed by atoms with E-state index >= 15 is 0 Å². The Labute approximate surface area is 244 Å². The second-order valence-electron chi connectivity index (χ2n) is 11.4. The lowest BCUT2D eigenvalue weighted by molar-refractivity contribution is -0.384. The Kier molecular flexibility index (Phi) is 8.31. The van der Waals surface area contributed by atoms with Crippen LogP contribution in [0.15, 0.2) is 83.9 Å². The zero-order valence-corrected chi connectivity index (χ0v) is 24.2. The first-order valence-electron chi connectivity index (χ1n) is 13.7. The average molecular weight is 568 g/mol. The summed E-state index contributed by atoms with van der Waals surface area (Å²) in [7, 11) is 0. The molecule has 1 amide bonds. The minimum Gasteiger partial charge on any atom is -0.489 e. The Morgan fingerprint density at radius 1 is 1.10 bits per heavy atom. The quantitative estimate of drug-likeness (QED) is 0.131. The van der Waals surface area contributed by atoms with Crippen molar-refractivity contribution in [2.45, 2.75) is 46.6 Å². The van der Waals surface area contributed by atoms with Crippen LogP contribution in [0.3, 0.4) is 0 Å². The molecule has 0 saturated heterocycles. The molecule has 7 nitrogen and oxygen atoms in total. The fourth-order valence-corrected chi connectivity index (χ4v) is 6.32. The van der Waals surface area contributed by atoms with Crippen LogP contribution in [0.25, 0.3) is 0 Å². The molecule has 8 heteroatoms. The number of hydrogen-bond donors (Lipinski definition) is 1. The number of carbonyl (C=O) groups is 1. The van der Waals surface area contributed by atoms with Crippen LogP contribution in [0.2, 0.25) is 0 Å². The van der Waals surface area contributed by atoms with E-state index in [1.807, 2.05) is 54.6 Å². The van der Waals surface area contributed by atoms with Gasteiger partial charge >= 0.3 is 0 Å². The highest BCUT2D eigenvalue weighted by atomic mass is 32.1. The molecule has 1 heterocycles. The van der Waals surface area contributed by atoms with Crippen LogP contribution in [-0.2, 0) is 19.4 Å². The summed E-state index contributed by atoms with van der Waals surface area (Å²) in [5, 5.41) is 14.7. The predicted octanol–water partition coefficient (Wildman–Crippen LogP) is 8.39. The van der Waals surface area contributed by atoms with E-state index in [2.05, 4.69) is 26.1 Å². The number of amides is 1. The largest absolute Gasteiger partial charge is 0.489 e. The molecule has 0 aliphatic heterocycles. The van der Waals surface area contributed by atoms with Gasteiger partial charge in [-0.25, -0.2) is 4.99 Å². The highest BCUT2D eigenvalue weighted by molar-refractivity contribution is 7.16.